The van der Waals surface area contributed by atoms with Crippen LogP contribution in [0.25, 0.3) is 0 Å². The highest BCUT2D eigenvalue weighted by Gasteiger charge is 2.17. The zero-order valence-electron chi connectivity index (χ0n) is 20.8. The fourth-order valence-corrected chi connectivity index (χ4v) is 0.819. The lowest BCUT2D eigenvalue weighted by Crippen LogP contribution is -2.35. The zero-order valence-corrected chi connectivity index (χ0v) is 6.80. The first-order valence-electron chi connectivity index (χ1n) is 10.6. The first-order valence-corrected chi connectivity index (χ1v) is 3.57. The van der Waals surface area contributed by atoms with Gasteiger partial charge in [0.05, 0.1) is 2.74 Å². The molecule has 1 aromatic rings. The maximum Gasteiger partial charge on any atom is 0.346 e. The highest BCUT2D eigenvalue weighted by molar-refractivity contribution is 5.36. The van der Waals surface area contributed by atoms with Crippen LogP contribution in [-0.4, -0.2) is 23.0 Å². The van der Waals surface area contributed by atoms with Crippen molar-refractivity contribution in [2.75, 3.05) is 17.9 Å². The maximum absolute atomic E-state index is 11.6. The number of rotatable bonds is 1. The smallest absolute Gasteiger partial charge is 0.346 e. The molecular formula is C10H15N3O. The van der Waals surface area contributed by atoms with Crippen molar-refractivity contribution in [3.8, 4) is 0 Å². The molecule has 0 bridgehead atoms. The van der Waals surface area contributed by atoms with Crippen molar-refractivity contribution in [1.29, 1.82) is 0 Å². The van der Waals surface area contributed by atoms with Crippen LogP contribution in [0.3, 0.4) is 0 Å². The van der Waals surface area contributed by atoms with Crippen LogP contribution in [-0.2, 0) is 0 Å². The molecule has 1 aromatic heterocycles. The molecule has 0 aliphatic carbocycles. The Labute approximate surface area is 103 Å². The minimum Gasteiger partial charge on any atom is -0.356 e. The zero-order chi connectivity index (χ0) is 22.3. The molecular weight excluding hydrogens is 178 g/mol. The number of hydrogen-bond acceptors (Lipinski definition) is 3. The number of aromatic nitrogens is 2. The van der Waals surface area contributed by atoms with E-state index < -0.39 is 62.2 Å². The van der Waals surface area contributed by atoms with E-state index >= 15 is 0 Å². The van der Waals surface area contributed by atoms with E-state index in [1.807, 2.05) is 0 Å². The number of hydrogen-bond donors (Lipinski definition) is 1. The molecule has 2 heterocycles. The van der Waals surface area contributed by atoms with E-state index in [1.54, 1.807) is 4.98 Å². The summed E-state index contributed by atoms with van der Waals surface area (Å²) in [5, 5.41) is 0. The summed E-state index contributed by atoms with van der Waals surface area (Å²) in [7, 11) is 0. The molecule has 0 spiro atoms. The number of H-pyrrole nitrogens is 1. The van der Waals surface area contributed by atoms with Crippen LogP contribution < -0.4 is 10.6 Å². The van der Waals surface area contributed by atoms with Crippen LogP contribution in [0.4, 0.5) is 5.82 Å². The number of piperidine rings is 1. The third kappa shape index (κ3) is 1.95. The second kappa shape index (κ2) is 3.82. The predicted molar refractivity (Wildman–Crippen MR) is 55.5 cm³/mol. The molecule has 1 aliphatic heterocycles. The standard InChI is InChI=1S/C10H15N3O/c1-8-3-2-6-13(7-8)9-4-5-11-10(14)12-9/h4-5,8H,2-3,6-7H2,1H3,(H,11,12,14)/i1D3,2D2,3D2,4D,5D,6D2,7D2,8D. The predicted octanol–water partition coefficient (Wildman–Crippen LogP) is 1.01. The highest BCUT2D eigenvalue weighted by Crippen LogP contribution is 2.19. The van der Waals surface area contributed by atoms with Gasteiger partial charge in [-0.1, -0.05) is 6.85 Å². The minimum absolute atomic E-state index is 0.337. The Kier molecular flexibility index (Phi) is 0.616. The van der Waals surface area contributed by atoms with Gasteiger partial charge in [0.1, 0.15) is 5.82 Å². The number of nitrogens with one attached hydrogen (secondary N) is 1. The molecule has 1 unspecified atom stereocenters. The average molecular weight is 207 g/mol. The molecule has 1 saturated heterocycles. The normalized spacial score (nSPS) is 57.6. The Hall–Kier alpha value is -1.32. The van der Waals surface area contributed by atoms with Gasteiger partial charge in [-0.15, -0.1) is 0 Å². The Balaban J connectivity index is 3.04. The van der Waals surface area contributed by atoms with E-state index in [2.05, 4.69) is 4.98 Å². The third-order valence-electron chi connectivity index (χ3n) is 1.34. The van der Waals surface area contributed by atoms with E-state index in [1.165, 1.54) is 0 Å². The van der Waals surface area contributed by atoms with Gasteiger partial charge in [0.25, 0.3) is 0 Å². The Morgan fingerprint density at radius 2 is 2.93 bits per heavy atom. The molecule has 76 valence electrons. The quantitative estimate of drug-likeness (QED) is 0.747. The summed E-state index contributed by atoms with van der Waals surface area (Å²) < 4.78 is 110. The van der Waals surface area contributed by atoms with Crippen molar-refractivity contribution >= 4 is 5.82 Å². The summed E-state index contributed by atoms with van der Waals surface area (Å²) in [6.45, 7) is -11.4. The van der Waals surface area contributed by atoms with Gasteiger partial charge in [0, 0.05) is 35.6 Å². The molecule has 0 amide bonds. The minimum atomic E-state index is -3.92. The first-order chi connectivity index (χ1) is 12.2. The van der Waals surface area contributed by atoms with E-state index in [9.17, 15) is 4.79 Å². The van der Waals surface area contributed by atoms with Crippen LogP contribution >= 0.6 is 0 Å². The van der Waals surface area contributed by atoms with Crippen LogP contribution in [0.5, 0.6) is 0 Å². The average Bonchev–Trinajstić information content (AvgIpc) is 2.47. The SMILES string of the molecule is [2H]c1[nH]c(=O)nc(N2C([2H])([2H])C([2H])([2H])C([2H])([2H])C([2H])(C([2H])([2H])[2H])C2([2H])[2H])c1[2H]. The van der Waals surface area contributed by atoms with E-state index in [4.69, 9.17) is 19.2 Å². The lowest BCUT2D eigenvalue weighted by Gasteiger charge is -2.31. The molecule has 1 atom stereocenters. The molecule has 14 heavy (non-hydrogen) atoms. The number of anilines is 1. The fourth-order valence-electron chi connectivity index (χ4n) is 0.819. The molecule has 1 aliphatic rings. The molecule has 4 heteroatoms. The summed E-state index contributed by atoms with van der Waals surface area (Å²) in [6.07, 6.45) is -8.66. The number of aromatic amines is 1. The van der Waals surface area contributed by atoms with Gasteiger partial charge >= 0.3 is 5.69 Å². The van der Waals surface area contributed by atoms with Gasteiger partial charge in [0.15, 0.2) is 0 Å². The summed E-state index contributed by atoms with van der Waals surface area (Å²) in [4.78, 5) is 16.2. The van der Waals surface area contributed by atoms with Gasteiger partial charge in [-0.2, -0.15) is 4.98 Å². The first kappa shape index (κ1) is 2.26. The lowest BCUT2D eigenvalue weighted by atomic mass is 10.0. The molecule has 1 N–H and O–H groups in total. The van der Waals surface area contributed by atoms with Crippen molar-refractivity contribution in [2.45, 2.75) is 19.6 Å². The summed E-state index contributed by atoms with van der Waals surface area (Å²) in [5.41, 5.74) is -1.33. The Morgan fingerprint density at radius 3 is 3.79 bits per heavy atom. The monoisotopic (exact) mass is 207 g/mol. The third-order valence-corrected chi connectivity index (χ3v) is 1.34. The van der Waals surface area contributed by atoms with Gasteiger partial charge in [-0.05, 0) is 24.7 Å². The molecule has 4 nitrogen and oxygen atoms in total. The second-order valence-corrected chi connectivity index (χ2v) is 2.30. The summed E-state index contributed by atoms with van der Waals surface area (Å²) >= 11 is 0. The van der Waals surface area contributed by atoms with E-state index in [-0.39, 0.29) is 4.90 Å². The van der Waals surface area contributed by atoms with Gasteiger partial charge in [-0.3, -0.25) is 0 Å². The lowest BCUT2D eigenvalue weighted by molar-refractivity contribution is 0.444. The Morgan fingerprint density at radius 1 is 2.00 bits per heavy atom. The summed E-state index contributed by atoms with van der Waals surface area (Å²) in [6, 6.07) is -1.07. The van der Waals surface area contributed by atoms with Crippen molar-refractivity contribution in [3.63, 3.8) is 0 Å². The molecule has 0 radical (unpaired) electrons. The van der Waals surface area contributed by atoms with Gasteiger partial charge < -0.3 is 9.88 Å². The maximum atomic E-state index is 11.6. The van der Waals surface area contributed by atoms with Crippen molar-refractivity contribution in [1.82, 2.24) is 9.97 Å². The second-order valence-electron chi connectivity index (χ2n) is 2.30. The van der Waals surface area contributed by atoms with Gasteiger partial charge in [-0.25, -0.2) is 4.79 Å². The van der Waals surface area contributed by atoms with Crippen LogP contribution in [0.2, 0.25) is 0 Å². The molecule has 2 rings (SSSR count). The van der Waals surface area contributed by atoms with Crippen molar-refractivity contribution < 1.29 is 19.2 Å². The van der Waals surface area contributed by atoms with Crippen LogP contribution in [0, 0.1) is 5.89 Å². The van der Waals surface area contributed by atoms with Gasteiger partial charge in [0.2, 0.25) is 0 Å². The summed E-state index contributed by atoms with van der Waals surface area (Å²) in [5.74, 6) is -5.15. The van der Waals surface area contributed by atoms with Crippen LogP contribution in [0.15, 0.2) is 17.0 Å². The van der Waals surface area contributed by atoms with Crippen molar-refractivity contribution in [2.24, 2.45) is 5.89 Å². The highest BCUT2D eigenvalue weighted by atomic mass is 16.1. The largest absolute Gasteiger partial charge is 0.356 e. The molecule has 1 fully saturated rings. The topological polar surface area (TPSA) is 49.0 Å². The molecule has 0 saturated carbocycles. The van der Waals surface area contributed by atoms with E-state index in [0.29, 0.717) is 0 Å². The van der Waals surface area contributed by atoms with E-state index in [0.717, 1.165) is 0 Å². The van der Waals surface area contributed by atoms with Crippen molar-refractivity contribution in [3.05, 3.63) is 22.7 Å². The molecule has 0 aromatic carbocycles. The van der Waals surface area contributed by atoms with Crippen LogP contribution in [0.1, 0.15) is 38.8 Å². The Bertz CT molecular complexity index is 860. The fraction of sp³-hybridized carbons (Fsp3) is 0.600. The number of nitrogens with zero attached hydrogens (tertiary/aromatic N) is 2.